The lowest BCUT2D eigenvalue weighted by Crippen LogP contribution is -2.45. The first kappa shape index (κ1) is 20.2. The van der Waals surface area contributed by atoms with Gasteiger partial charge in [-0.3, -0.25) is 18.9 Å². The van der Waals surface area contributed by atoms with Crippen molar-refractivity contribution >= 4 is 5.69 Å². The Labute approximate surface area is 173 Å². The second-order valence-electron chi connectivity index (χ2n) is 7.96. The number of allylic oxidation sites excluding steroid dienone is 1. The zero-order valence-corrected chi connectivity index (χ0v) is 17.3. The summed E-state index contributed by atoms with van der Waals surface area (Å²) in [5.74, 6) is 0.698. The first-order valence-electron chi connectivity index (χ1n) is 10.1. The fraction of sp³-hybridized carbons (Fsp3) is 0.476. The van der Waals surface area contributed by atoms with Gasteiger partial charge in [-0.2, -0.15) is 0 Å². The maximum absolute atomic E-state index is 13.4. The highest BCUT2D eigenvalue weighted by Crippen LogP contribution is 2.55. The predicted octanol–water partition coefficient (Wildman–Crippen LogP) is 1.17. The van der Waals surface area contributed by atoms with E-state index >= 15 is 0 Å². The van der Waals surface area contributed by atoms with Gasteiger partial charge in [-0.05, 0) is 38.8 Å². The molecule has 0 aromatic carbocycles. The monoisotopic (exact) mass is 414 g/mol. The zero-order chi connectivity index (χ0) is 21.6. The van der Waals surface area contributed by atoms with Gasteiger partial charge in [0.25, 0.3) is 5.56 Å². The molecule has 0 amide bonds. The molecule has 0 bridgehead atoms. The molecule has 0 saturated heterocycles. The van der Waals surface area contributed by atoms with Gasteiger partial charge in [-0.15, -0.1) is 0 Å². The second kappa shape index (κ2) is 7.64. The fourth-order valence-corrected chi connectivity index (χ4v) is 3.97. The summed E-state index contributed by atoms with van der Waals surface area (Å²) in [6.45, 7) is 4.15. The van der Waals surface area contributed by atoms with E-state index in [9.17, 15) is 19.8 Å². The van der Waals surface area contributed by atoms with Crippen molar-refractivity contribution in [1.29, 1.82) is 0 Å². The molecule has 2 N–H and O–H groups in total. The molecule has 1 unspecified atom stereocenters. The molecule has 1 fully saturated rings. The van der Waals surface area contributed by atoms with E-state index in [2.05, 4.69) is 4.98 Å². The Kier molecular flexibility index (Phi) is 5.15. The van der Waals surface area contributed by atoms with Crippen LogP contribution in [0.5, 0.6) is 5.75 Å². The third kappa shape index (κ3) is 3.39. The summed E-state index contributed by atoms with van der Waals surface area (Å²) in [6, 6.07) is 3.24. The molecule has 1 aliphatic heterocycles. The van der Waals surface area contributed by atoms with Gasteiger partial charge in [-0.25, -0.2) is 4.79 Å². The maximum Gasteiger partial charge on any atom is 0.331 e. The lowest BCUT2D eigenvalue weighted by molar-refractivity contribution is 0.138. The number of rotatable bonds is 7. The van der Waals surface area contributed by atoms with E-state index in [0.717, 1.165) is 12.0 Å². The summed E-state index contributed by atoms with van der Waals surface area (Å²) in [4.78, 5) is 32.3. The largest absolute Gasteiger partial charge is 0.506 e. The standard InChI is InChI=1S/C21H26N4O5/c1-12(2)30-20-16-9-15(16)17-18(25(20)11-13-5-6-14(27)10-22-13)19(28)24(7-4-8-26)21(29)23(17)3/h5-6,10,12,15,26-27H,4,7-9,11H2,1-3H3. The molecular weight excluding hydrogens is 388 g/mol. The van der Waals surface area contributed by atoms with Crippen LogP contribution in [0, 0.1) is 0 Å². The van der Waals surface area contributed by atoms with E-state index in [1.54, 1.807) is 24.1 Å². The van der Waals surface area contributed by atoms with Gasteiger partial charge >= 0.3 is 5.69 Å². The van der Waals surface area contributed by atoms with Crippen molar-refractivity contribution in [2.24, 2.45) is 7.05 Å². The second-order valence-corrected chi connectivity index (χ2v) is 7.96. The third-order valence-electron chi connectivity index (χ3n) is 5.39. The molecule has 30 heavy (non-hydrogen) atoms. The Morgan fingerprint density at radius 3 is 2.70 bits per heavy atom. The van der Waals surface area contributed by atoms with Crippen LogP contribution < -0.4 is 16.1 Å². The molecule has 1 atom stereocenters. The first-order chi connectivity index (χ1) is 14.3. The SMILES string of the molecule is CC(C)OC1=C2CC2c2c(c(=O)n(CCCO)c(=O)n2C)N1Cc1ccc(O)cn1. The van der Waals surface area contributed by atoms with Gasteiger partial charge in [0, 0.05) is 31.7 Å². The summed E-state index contributed by atoms with van der Waals surface area (Å²) in [6.07, 6.45) is 2.32. The molecule has 9 nitrogen and oxygen atoms in total. The molecule has 0 radical (unpaired) electrons. The van der Waals surface area contributed by atoms with Crippen molar-refractivity contribution in [1.82, 2.24) is 14.1 Å². The van der Waals surface area contributed by atoms with Crippen LogP contribution >= 0.6 is 0 Å². The summed E-state index contributed by atoms with van der Waals surface area (Å²) in [7, 11) is 1.68. The van der Waals surface area contributed by atoms with Crippen LogP contribution in [0.4, 0.5) is 5.69 Å². The van der Waals surface area contributed by atoms with E-state index in [-0.39, 0.29) is 43.2 Å². The number of nitrogens with zero attached hydrogens (tertiary/aromatic N) is 4. The normalized spacial score (nSPS) is 17.2. The van der Waals surface area contributed by atoms with E-state index in [1.165, 1.54) is 15.3 Å². The van der Waals surface area contributed by atoms with Gasteiger partial charge in [0.15, 0.2) is 5.88 Å². The van der Waals surface area contributed by atoms with Gasteiger partial charge in [0.1, 0.15) is 11.4 Å². The van der Waals surface area contributed by atoms with Crippen molar-refractivity contribution in [2.45, 2.75) is 51.8 Å². The zero-order valence-electron chi connectivity index (χ0n) is 17.3. The molecule has 1 saturated carbocycles. The van der Waals surface area contributed by atoms with Crippen LogP contribution in [-0.4, -0.2) is 37.0 Å². The molecule has 9 heteroatoms. The molecule has 1 aliphatic carbocycles. The van der Waals surface area contributed by atoms with E-state index < -0.39 is 5.56 Å². The fourth-order valence-electron chi connectivity index (χ4n) is 3.97. The average Bonchev–Trinajstić information content (AvgIpc) is 3.49. The molecule has 0 spiro atoms. The lowest BCUT2D eigenvalue weighted by atomic mass is 10.1. The van der Waals surface area contributed by atoms with Crippen LogP contribution in [0.3, 0.4) is 0 Å². The van der Waals surface area contributed by atoms with Crippen LogP contribution in [0.2, 0.25) is 0 Å². The number of aromatic nitrogens is 3. The van der Waals surface area contributed by atoms with Crippen molar-refractivity contribution in [3.63, 3.8) is 0 Å². The van der Waals surface area contributed by atoms with Crippen molar-refractivity contribution < 1.29 is 14.9 Å². The molecule has 4 rings (SSSR count). The van der Waals surface area contributed by atoms with E-state index in [1.807, 2.05) is 13.8 Å². The van der Waals surface area contributed by atoms with Crippen LogP contribution in [0.1, 0.15) is 44.0 Å². The van der Waals surface area contributed by atoms with Crippen LogP contribution in [-0.2, 0) is 24.9 Å². The van der Waals surface area contributed by atoms with E-state index in [4.69, 9.17) is 4.74 Å². The number of fused-ring (bicyclic) bond motifs is 3. The Morgan fingerprint density at radius 2 is 2.07 bits per heavy atom. The number of anilines is 1. The van der Waals surface area contributed by atoms with Gasteiger partial charge in [0.2, 0.25) is 0 Å². The lowest BCUT2D eigenvalue weighted by Gasteiger charge is -2.33. The molecule has 2 aliphatic rings. The maximum atomic E-state index is 13.4. The molecule has 160 valence electrons. The minimum Gasteiger partial charge on any atom is -0.506 e. The minimum atomic E-state index is -0.392. The van der Waals surface area contributed by atoms with Gasteiger partial charge in [0.05, 0.1) is 30.2 Å². The highest BCUT2D eigenvalue weighted by atomic mass is 16.5. The number of aliphatic hydroxyl groups is 1. The molecule has 2 aromatic rings. The van der Waals surface area contributed by atoms with Crippen molar-refractivity contribution in [2.75, 3.05) is 11.5 Å². The van der Waals surface area contributed by atoms with Crippen LogP contribution in [0.25, 0.3) is 0 Å². The Hall–Kier alpha value is -3.07. The molecule has 2 aromatic heterocycles. The summed E-state index contributed by atoms with van der Waals surface area (Å²) in [5, 5.41) is 18.7. The number of pyridine rings is 1. The van der Waals surface area contributed by atoms with Crippen LogP contribution in [0.15, 0.2) is 39.4 Å². The van der Waals surface area contributed by atoms with Gasteiger partial charge < -0.3 is 19.8 Å². The molecule has 3 heterocycles. The Morgan fingerprint density at radius 1 is 1.30 bits per heavy atom. The third-order valence-corrected chi connectivity index (χ3v) is 5.39. The smallest absolute Gasteiger partial charge is 0.331 e. The molecular formula is C21H26N4O5. The predicted molar refractivity (Wildman–Crippen MR) is 110 cm³/mol. The summed E-state index contributed by atoms with van der Waals surface area (Å²) >= 11 is 0. The van der Waals surface area contributed by atoms with Crippen molar-refractivity contribution in [3.8, 4) is 5.75 Å². The highest BCUT2D eigenvalue weighted by Gasteiger charge is 2.47. The Bertz CT molecular complexity index is 1110. The summed E-state index contributed by atoms with van der Waals surface area (Å²) < 4.78 is 8.82. The quantitative estimate of drug-likeness (QED) is 0.700. The first-order valence-corrected chi connectivity index (χ1v) is 10.1. The Balaban J connectivity index is 1.88. The number of aliphatic hydroxyl groups excluding tert-OH is 1. The number of aromatic hydroxyl groups is 1. The minimum absolute atomic E-state index is 0.00401. The number of hydrogen-bond acceptors (Lipinski definition) is 7. The van der Waals surface area contributed by atoms with E-state index in [0.29, 0.717) is 29.4 Å². The van der Waals surface area contributed by atoms with Gasteiger partial charge in [-0.1, -0.05) is 0 Å². The number of hydrogen-bond donors (Lipinski definition) is 2. The highest BCUT2D eigenvalue weighted by molar-refractivity contribution is 5.66. The topological polar surface area (TPSA) is 110 Å². The average molecular weight is 414 g/mol. The summed E-state index contributed by atoms with van der Waals surface area (Å²) in [5.41, 5.74) is 2.04. The van der Waals surface area contributed by atoms with Crippen molar-refractivity contribution in [3.05, 3.63) is 62.0 Å². The number of ether oxygens (including phenoxy) is 1.